The lowest BCUT2D eigenvalue weighted by atomic mass is 10.2. The van der Waals surface area contributed by atoms with Gasteiger partial charge in [0.2, 0.25) is 0 Å². The third-order valence-electron chi connectivity index (χ3n) is 3.59. The number of anilines is 1. The molecule has 1 aliphatic rings. The van der Waals surface area contributed by atoms with Crippen LogP contribution in [-0.4, -0.2) is 41.8 Å². The zero-order valence-electron chi connectivity index (χ0n) is 11.5. The van der Waals surface area contributed by atoms with Crippen LogP contribution in [0.2, 0.25) is 0 Å². The molecule has 19 heavy (non-hydrogen) atoms. The van der Waals surface area contributed by atoms with Gasteiger partial charge in [-0.2, -0.15) is 0 Å². The summed E-state index contributed by atoms with van der Waals surface area (Å²) in [4.78, 5) is 2.34. The van der Waals surface area contributed by atoms with Crippen molar-refractivity contribution in [2.75, 3.05) is 25.0 Å². The minimum Gasteiger partial charge on any atom is -0.392 e. The summed E-state index contributed by atoms with van der Waals surface area (Å²) in [6.45, 7) is 6.55. The van der Waals surface area contributed by atoms with Gasteiger partial charge in [-0.3, -0.25) is 4.90 Å². The predicted octanol–water partition coefficient (Wildman–Crippen LogP) is 2.50. The van der Waals surface area contributed by atoms with Gasteiger partial charge in [-0.25, -0.2) is 0 Å². The molecule has 1 saturated heterocycles. The second kappa shape index (κ2) is 7.31. The number of para-hydroxylation sites is 1. The summed E-state index contributed by atoms with van der Waals surface area (Å²) in [6.07, 6.45) is 4.49. The maximum Gasteiger partial charge on any atom is 0.0670 e. The molecule has 0 unspecified atom stereocenters. The van der Waals surface area contributed by atoms with Crippen molar-refractivity contribution in [3.8, 4) is 0 Å². The zero-order chi connectivity index (χ0) is 13.5. The van der Waals surface area contributed by atoms with Gasteiger partial charge in [-0.15, -0.1) is 6.58 Å². The summed E-state index contributed by atoms with van der Waals surface area (Å²) in [6, 6.07) is 10.8. The lowest BCUT2D eigenvalue weighted by Gasteiger charge is -2.20. The first-order valence-electron chi connectivity index (χ1n) is 7.11. The van der Waals surface area contributed by atoms with Crippen LogP contribution >= 0.6 is 0 Å². The summed E-state index contributed by atoms with van der Waals surface area (Å²) in [7, 11) is 0. The Balaban J connectivity index is 1.72. The first-order chi connectivity index (χ1) is 9.28. The van der Waals surface area contributed by atoms with Crippen molar-refractivity contribution in [1.29, 1.82) is 0 Å². The summed E-state index contributed by atoms with van der Waals surface area (Å²) in [5.74, 6) is 0. The van der Waals surface area contributed by atoms with Crippen molar-refractivity contribution in [3.63, 3.8) is 0 Å². The van der Waals surface area contributed by atoms with E-state index >= 15 is 0 Å². The Bertz CT molecular complexity index is 380. The number of aliphatic hydroxyl groups excluding tert-OH is 1. The van der Waals surface area contributed by atoms with E-state index in [4.69, 9.17) is 0 Å². The van der Waals surface area contributed by atoms with E-state index in [0.29, 0.717) is 6.04 Å². The third kappa shape index (κ3) is 4.69. The molecule has 1 aromatic rings. The van der Waals surface area contributed by atoms with Crippen LogP contribution in [0, 0.1) is 0 Å². The molecule has 2 rings (SSSR count). The Morgan fingerprint density at radius 2 is 2.21 bits per heavy atom. The molecule has 0 bridgehead atoms. The fraction of sp³-hybridized carbons (Fsp3) is 0.500. The molecule has 3 heteroatoms. The SMILES string of the molecule is C=CCC[C@H](O)CN1CC[C@H](Nc2ccccc2)C1. The number of likely N-dealkylation sites (tertiary alicyclic amines) is 1. The number of nitrogens with one attached hydrogen (secondary N) is 1. The highest BCUT2D eigenvalue weighted by atomic mass is 16.3. The van der Waals surface area contributed by atoms with Gasteiger partial charge in [-0.1, -0.05) is 24.3 Å². The second-order valence-electron chi connectivity index (χ2n) is 5.28. The molecule has 1 aromatic carbocycles. The van der Waals surface area contributed by atoms with Crippen LogP contribution in [0.15, 0.2) is 43.0 Å². The van der Waals surface area contributed by atoms with E-state index in [9.17, 15) is 5.11 Å². The van der Waals surface area contributed by atoms with Crippen molar-refractivity contribution in [3.05, 3.63) is 43.0 Å². The van der Waals surface area contributed by atoms with Gasteiger partial charge >= 0.3 is 0 Å². The number of hydrogen-bond donors (Lipinski definition) is 2. The quantitative estimate of drug-likeness (QED) is 0.739. The summed E-state index contributed by atoms with van der Waals surface area (Å²) in [5.41, 5.74) is 1.18. The van der Waals surface area contributed by atoms with E-state index < -0.39 is 0 Å². The maximum atomic E-state index is 9.91. The first kappa shape index (κ1) is 14.1. The van der Waals surface area contributed by atoms with E-state index in [0.717, 1.165) is 38.9 Å². The van der Waals surface area contributed by atoms with Crippen LogP contribution < -0.4 is 5.32 Å². The fourth-order valence-electron chi connectivity index (χ4n) is 2.59. The van der Waals surface area contributed by atoms with Crippen molar-refractivity contribution < 1.29 is 5.11 Å². The number of benzene rings is 1. The van der Waals surface area contributed by atoms with Gasteiger partial charge in [0.15, 0.2) is 0 Å². The Morgan fingerprint density at radius 1 is 1.42 bits per heavy atom. The highest BCUT2D eigenvalue weighted by molar-refractivity contribution is 5.43. The number of allylic oxidation sites excluding steroid dienone is 1. The fourth-order valence-corrected chi connectivity index (χ4v) is 2.59. The van der Waals surface area contributed by atoms with Gasteiger partial charge in [-0.05, 0) is 31.4 Å². The number of rotatable bonds is 7. The highest BCUT2D eigenvalue weighted by Crippen LogP contribution is 2.16. The molecule has 2 atom stereocenters. The smallest absolute Gasteiger partial charge is 0.0670 e. The first-order valence-corrected chi connectivity index (χ1v) is 7.11. The maximum absolute atomic E-state index is 9.91. The van der Waals surface area contributed by atoms with E-state index in [1.165, 1.54) is 5.69 Å². The van der Waals surface area contributed by atoms with Crippen LogP contribution in [0.4, 0.5) is 5.69 Å². The topological polar surface area (TPSA) is 35.5 Å². The molecule has 0 saturated carbocycles. The summed E-state index contributed by atoms with van der Waals surface area (Å²) < 4.78 is 0. The number of β-amino-alcohol motifs (C(OH)–C–C–N with tert-alkyl or cyclic N) is 1. The third-order valence-corrected chi connectivity index (χ3v) is 3.59. The molecule has 0 amide bonds. The average molecular weight is 260 g/mol. The van der Waals surface area contributed by atoms with Crippen LogP contribution in [0.5, 0.6) is 0 Å². The predicted molar refractivity (Wildman–Crippen MR) is 80.3 cm³/mol. The molecule has 3 nitrogen and oxygen atoms in total. The molecular weight excluding hydrogens is 236 g/mol. The standard InChI is InChI=1S/C16H24N2O/c1-2-3-9-16(19)13-18-11-10-15(12-18)17-14-7-5-4-6-8-14/h2,4-8,15-17,19H,1,3,9-13H2/t15-,16-/m0/s1. The molecular formula is C16H24N2O. The van der Waals surface area contributed by atoms with Crippen LogP contribution in [0.1, 0.15) is 19.3 Å². The number of hydrogen-bond acceptors (Lipinski definition) is 3. The molecule has 0 radical (unpaired) electrons. The number of nitrogens with zero attached hydrogens (tertiary/aromatic N) is 1. The Kier molecular flexibility index (Phi) is 5.43. The molecule has 0 aliphatic carbocycles. The lowest BCUT2D eigenvalue weighted by molar-refractivity contribution is 0.118. The van der Waals surface area contributed by atoms with E-state index in [1.54, 1.807) is 0 Å². The monoisotopic (exact) mass is 260 g/mol. The van der Waals surface area contributed by atoms with Crippen molar-refractivity contribution in [2.45, 2.75) is 31.4 Å². The van der Waals surface area contributed by atoms with Gasteiger partial charge in [0, 0.05) is 31.4 Å². The molecule has 104 valence electrons. The molecule has 2 N–H and O–H groups in total. The Labute approximate surface area is 115 Å². The van der Waals surface area contributed by atoms with Crippen LogP contribution in [0.25, 0.3) is 0 Å². The van der Waals surface area contributed by atoms with Crippen LogP contribution in [0.3, 0.4) is 0 Å². The second-order valence-corrected chi connectivity index (χ2v) is 5.28. The van der Waals surface area contributed by atoms with E-state index in [1.807, 2.05) is 24.3 Å². The van der Waals surface area contributed by atoms with E-state index in [-0.39, 0.29) is 6.10 Å². The number of aliphatic hydroxyl groups is 1. The minimum atomic E-state index is -0.228. The molecule has 1 aliphatic heterocycles. The minimum absolute atomic E-state index is 0.228. The van der Waals surface area contributed by atoms with E-state index in [2.05, 4.69) is 28.9 Å². The largest absolute Gasteiger partial charge is 0.392 e. The Hall–Kier alpha value is -1.32. The summed E-state index contributed by atoms with van der Waals surface area (Å²) >= 11 is 0. The molecule has 1 fully saturated rings. The lowest BCUT2D eigenvalue weighted by Crippen LogP contribution is -2.32. The van der Waals surface area contributed by atoms with Gasteiger partial charge in [0.25, 0.3) is 0 Å². The van der Waals surface area contributed by atoms with Crippen molar-refractivity contribution in [1.82, 2.24) is 4.90 Å². The molecule has 0 aromatic heterocycles. The van der Waals surface area contributed by atoms with Crippen molar-refractivity contribution >= 4 is 5.69 Å². The summed E-state index contributed by atoms with van der Waals surface area (Å²) in [5, 5.41) is 13.5. The van der Waals surface area contributed by atoms with Gasteiger partial charge in [0.1, 0.15) is 0 Å². The Morgan fingerprint density at radius 3 is 2.95 bits per heavy atom. The van der Waals surface area contributed by atoms with Gasteiger partial charge in [0.05, 0.1) is 6.10 Å². The van der Waals surface area contributed by atoms with Gasteiger partial charge < -0.3 is 10.4 Å². The normalized spacial score (nSPS) is 21.2. The highest BCUT2D eigenvalue weighted by Gasteiger charge is 2.23. The van der Waals surface area contributed by atoms with Crippen molar-refractivity contribution in [2.24, 2.45) is 0 Å². The zero-order valence-corrected chi connectivity index (χ0v) is 11.5. The molecule has 1 heterocycles. The average Bonchev–Trinajstić information content (AvgIpc) is 2.85. The molecule has 0 spiro atoms. The van der Waals surface area contributed by atoms with Crippen LogP contribution in [-0.2, 0) is 0 Å².